The van der Waals surface area contributed by atoms with E-state index in [1.54, 1.807) is 0 Å². The van der Waals surface area contributed by atoms with E-state index in [-0.39, 0.29) is 17.2 Å². The Bertz CT molecular complexity index is 511. The minimum atomic E-state index is -0.634. The second-order valence-corrected chi connectivity index (χ2v) is 2.99. The number of amides is 1. The zero-order valence-electron chi connectivity index (χ0n) is 8.07. The van der Waals surface area contributed by atoms with E-state index >= 15 is 0 Å². The first kappa shape index (κ1) is 10.1. The molecule has 1 aromatic carbocycles. The molecule has 82 valence electrons. The smallest absolute Gasteiger partial charge is 0.260 e. The molecule has 0 saturated heterocycles. The van der Waals surface area contributed by atoms with Crippen molar-refractivity contribution in [3.8, 4) is 0 Å². The first-order chi connectivity index (χ1) is 7.68. The van der Waals surface area contributed by atoms with E-state index < -0.39 is 11.7 Å². The van der Waals surface area contributed by atoms with Gasteiger partial charge in [0.05, 0.1) is 11.3 Å². The average molecular weight is 221 g/mol. The maximum Gasteiger partial charge on any atom is 0.260 e. The zero-order chi connectivity index (χ0) is 11.5. The van der Waals surface area contributed by atoms with E-state index in [1.807, 2.05) is 0 Å². The Balaban J connectivity index is 2.24. The highest BCUT2D eigenvalue weighted by molar-refractivity contribution is 6.06. The highest BCUT2D eigenvalue weighted by atomic mass is 19.1. The summed E-state index contributed by atoms with van der Waals surface area (Å²) >= 11 is 0. The number of rotatable bonds is 2. The number of benzene rings is 1. The Morgan fingerprint density at radius 2 is 2.31 bits per heavy atom. The number of H-pyrrole nitrogens is 1. The third-order valence-electron chi connectivity index (χ3n) is 1.94. The topological polar surface area (TPSA) is 96.7 Å². The number of nitrogens with two attached hydrogens (primary N) is 1. The lowest BCUT2D eigenvalue weighted by Crippen LogP contribution is -2.15. The van der Waals surface area contributed by atoms with Crippen LogP contribution in [0.5, 0.6) is 0 Å². The fraction of sp³-hybridized carbons (Fsp3) is 0. The van der Waals surface area contributed by atoms with Gasteiger partial charge in [0.25, 0.3) is 5.91 Å². The standard InChI is InChI=1S/C9H8FN5O/c10-6-3-1-2-5(7(6)11)8(16)14-9-12-4-13-15-9/h1-4H,11H2,(H2,12,13,14,15,16). The molecule has 1 aromatic heterocycles. The Kier molecular flexibility index (Phi) is 2.50. The van der Waals surface area contributed by atoms with Crippen LogP contribution in [-0.4, -0.2) is 21.1 Å². The number of hydrogen-bond donors (Lipinski definition) is 3. The van der Waals surface area contributed by atoms with Gasteiger partial charge in [0.2, 0.25) is 5.95 Å². The Morgan fingerprint density at radius 3 is 3.00 bits per heavy atom. The first-order valence-electron chi connectivity index (χ1n) is 4.39. The molecule has 0 aliphatic carbocycles. The van der Waals surface area contributed by atoms with Crippen molar-refractivity contribution >= 4 is 17.5 Å². The molecule has 1 heterocycles. The number of nitrogens with zero attached hydrogens (tertiary/aromatic N) is 2. The van der Waals surface area contributed by atoms with Gasteiger partial charge in [-0.05, 0) is 12.1 Å². The summed E-state index contributed by atoms with van der Waals surface area (Å²) in [6, 6.07) is 4.01. The van der Waals surface area contributed by atoms with Gasteiger partial charge in [-0.2, -0.15) is 10.1 Å². The normalized spacial score (nSPS) is 10.1. The van der Waals surface area contributed by atoms with Gasteiger partial charge < -0.3 is 5.73 Å². The molecular formula is C9H8FN5O. The van der Waals surface area contributed by atoms with Crippen LogP contribution in [0.1, 0.15) is 10.4 Å². The highest BCUT2D eigenvalue weighted by Gasteiger charge is 2.13. The summed E-state index contributed by atoms with van der Waals surface area (Å²) in [5.74, 6) is -1.01. The number of para-hydroxylation sites is 1. The van der Waals surface area contributed by atoms with Crippen LogP contribution in [0.3, 0.4) is 0 Å². The van der Waals surface area contributed by atoms with Crippen molar-refractivity contribution in [3.63, 3.8) is 0 Å². The molecule has 0 fully saturated rings. The summed E-state index contributed by atoms with van der Waals surface area (Å²) in [7, 11) is 0. The number of carbonyl (C=O) groups excluding carboxylic acids is 1. The minimum Gasteiger partial charge on any atom is -0.396 e. The van der Waals surface area contributed by atoms with Crippen LogP contribution in [0.4, 0.5) is 16.0 Å². The molecule has 0 spiro atoms. The molecule has 0 aliphatic rings. The van der Waals surface area contributed by atoms with Crippen molar-refractivity contribution in [1.82, 2.24) is 15.2 Å². The Hall–Kier alpha value is -2.44. The molecule has 7 heteroatoms. The second-order valence-electron chi connectivity index (χ2n) is 2.99. The monoisotopic (exact) mass is 221 g/mol. The van der Waals surface area contributed by atoms with E-state index in [4.69, 9.17) is 5.73 Å². The molecule has 16 heavy (non-hydrogen) atoms. The molecule has 1 amide bonds. The molecule has 0 radical (unpaired) electrons. The maximum absolute atomic E-state index is 13.1. The van der Waals surface area contributed by atoms with Crippen LogP contribution in [0.15, 0.2) is 24.5 Å². The molecule has 0 saturated carbocycles. The third kappa shape index (κ3) is 1.83. The summed E-state index contributed by atoms with van der Waals surface area (Å²) in [6.07, 6.45) is 1.24. The van der Waals surface area contributed by atoms with Gasteiger partial charge in [-0.15, -0.1) is 0 Å². The summed E-state index contributed by atoms with van der Waals surface area (Å²) in [6.45, 7) is 0. The molecular weight excluding hydrogens is 213 g/mol. The van der Waals surface area contributed by atoms with Gasteiger partial charge >= 0.3 is 0 Å². The van der Waals surface area contributed by atoms with E-state index in [0.29, 0.717) is 0 Å². The SMILES string of the molecule is Nc1c(F)cccc1C(=O)Nc1ncn[nH]1. The van der Waals surface area contributed by atoms with E-state index in [0.717, 1.165) is 0 Å². The van der Waals surface area contributed by atoms with Crippen molar-refractivity contribution in [2.45, 2.75) is 0 Å². The van der Waals surface area contributed by atoms with Crippen LogP contribution in [-0.2, 0) is 0 Å². The fourth-order valence-corrected chi connectivity index (χ4v) is 1.18. The van der Waals surface area contributed by atoms with Crippen molar-refractivity contribution in [2.24, 2.45) is 0 Å². The molecule has 2 rings (SSSR count). The van der Waals surface area contributed by atoms with E-state index in [9.17, 15) is 9.18 Å². The predicted molar refractivity (Wildman–Crippen MR) is 55.1 cm³/mol. The van der Waals surface area contributed by atoms with Crippen molar-refractivity contribution in [3.05, 3.63) is 35.9 Å². The number of halogens is 1. The summed E-state index contributed by atoms with van der Waals surface area (Å²) in [4.78, 5) is 15.3. The lowest BCUT2D eigenvalue weighted by atomic mass is 10.1. The van der Waals surface area contributed by atoms with Gasteiger partial charge in [0, 0.05) is 0 Å². The predicted octanol–water partition coefficient (Wildman–Crippen LogP) is 0.778. The Morgan fingerprint density at radius 1 is 1.50 bits per heavy atom. The molecule has 0 unspecified atom stereocenters. The zero-order valence-corrected chi connectivity index (χ0v) is 8.07. The van der Waals surface area contributed by atoms with E-state index in [1.165, 1.54) is 24.5 Å². The highest BCUT2D eigenvalue weighted by Crippen LogP contribution is 2.16. The second kappa shape index (κ2) is 3.97. The van der Waals surface area contributed by atoms with Crippen LogP contribution >= 0.6 is 0 Å². The lowest BCUT2D eigenvalue weighted by Gasteiger charge is -2.05. The average Bonchev–Trinajstić information content (AvgIpc) is 2.74. The number of nitrogen functional groups attached to an aromatic ring is 1. The molecule has 2 aromatic rings. The molecule has 0 atom stereocenters. The van der Waals surface area contributed by atoms with Crippen LogP contribution < -0.4 is 11.1 Å². The number of aromatic nitrogens is 3. The summed E-state index contributed by atoms with van der Waals surface area (Å²) in [5.41, 5.74) is 5.29. The van der Waals surface area contributed by atoms with Crippen LogP contribution in [0.25, 0.3) is 0 Å². The molecule has 0 bridgehead atoms. The number of carbonyl (C=O) groups is 1. The van der Waals surface area contributed by atoms with Crippen LogP contribution in [0, 0.1) is 5.82 Å². The quantitative estimate of drug-likeness (QED) is 0.653. The summed E-state index contributed by atoms with van der Waals surface area (Å²) in [5, 5.41) is 8.39. The van der Waals surface area contributed by atoms with E-state index in [2.05, 4.69) is 20.5 Å². The Labute approximate surface area is 89.7 Å². The fourth-order valence-electron chi connectivity index (χ4n) is 1.18. The van der Waals surface area contributed by atoms with Gasteiger partial charge in [-0.1, -0.05) is 6.07 Å². The number of hydrogen-bond acceptors (Lipinski definition) is 4. The minimum absolute atomic E-state index is 0.0522. The van der Waals surface area contributed by atoms with Crippen molar-refractivity contribution in [1.29, 1.82) is 0 Å². The van der Waals surface area contributed by atoms with Crippen molar-refractivity contribution < 1.29 is 9.18 Å². The molecule has 0 aliphatic heterocycles. The van der Waals surface area contributed by atoms with Crippen LogP contribution in [0.2, 0.25) is 0 Å². The maximum atomic E-state index is 13.1. The first-order valence-corrected chi connectivity index (χ1v) is 4.39. The van der Waals surface area contributed by atoms with Gasteiger partial charge in [0.1, 0.15) is 12.1 Å². The number of nitrogens with one attached hydrogen (secondary N) is 2. The summed E-state index contributed by atoms with van der Waals surface area (Å²) < 4.78 is 13.1. The van der Waals surface area contributed by atoms with Crippen molar-refractivity contribution in [2.75, 3.05) is 11.1 Å². The van der Waals surface area contributed by atoms with Gasteiger partial charge in [-0.25, -0.2) is 9.49 Å². The third-order valence-corrected chi connectivity index (χ3v) is 1.94. The molecule has 4 N–H and O–H groups in total. The number of aromatic amines is 1. The lowest BCUT2D eigenvalue weighted by molar-refractivity contribution is 0.102. The van der Waals surface area contributed by atoms with Gasteiger partial charge in [-0.3, -0.25) is 10.1 Å². The van der Waals surface area contributed by atoms with Gasteiger partial charge in [0.15, 0.2) is 0 Å². The number of anilines is 2. The molecule has 6 nitrogen and oxygen atoms in total. The largest absolute Gasteiger partial charge is 0.396 e.